The molecular weight excluding hydrogens is 445 g/mol. The molecule has 0 atom stereocenters. The van der Waals surface area contributed by atoms with Gasteiger partial charge >= 0.3 is 0 Å². The first-order valence-corrected chi connectivity index (χ1v) is 10.1. The lowest BCUT2D eigenvalue weighted by atomic mass is 10.0. The number of aryl methyl sites for hydroxylation is 2. The lowest BCUT2D eigenvalue weighted by molar-refractivity contribution is 0.203. The van der Waals surface area contributed by atoms with Gasteiger partial charge in [-0.15, -0.1) is 35.3 Å². The van der Waals surface area contributed by atoms with Crippen LogP contribution < -0.4 is 10.6 Å². The van der Waals surface area contributed by atoms with Crippen molar-refractivity contribution in [2.24, 2.45) is 4.99 Å². The van der Waals surface area contributed by atoms with Crippen molar-refractivity contribution >= 4 is 41.3 Å². The van der Waals surface area contributed by atoms with Gasteiger partial charge in [0, 0.05) is 30.6 Å². The number of halogens is 1. The van der Waals surface area contributed by atoms with E-state index in [0.717, 1.165) is 23.2 Å². The maximum atomic E-state index is 4.77. The van der Waals surface area contributed by atoms with Crippen LogP contribution in [-0.2, 0) is 6.54 Å². The quantitative estimate of drug-likeness (QED) is 0.356. The van der Waals surface area contributed by atoms with Crippen LogP contribution in [0.25, 0.3) is 0 Å². The molecule has 1 aromatic heterocycles. The highest BCUT2D eigenvalue weighted by molar-refractivity contribution is 14.0. The van der Waals surface area contributed by atoms with Crippen molar-refractivity contribution in [1.29, 1.82) is 0 Å². The first-order chi connectivity index (χ1) is 11.6. The van der Waals surface area contributed by atoms with E-state index in [4.69, 9.17) is 4.99 Å². The summed E-state index contributed by atoms with van der Waals surface area (Å²) in [6, 6.07) is 0.532. The highest BCUT2D eigenvalue weighted by Gasteiger charge is 2.19. The van der Waals surface area contributed by atoms with E-state index in [1.807, 2.05) is 0 Å². The van der Waals surface area contributed by atoms with E-state index in [1.165, 1.54) is 50.2 Å². The Balaban J connectivity index is 0.00000312. The van der Waals surface area contributed by atoms with Gasteiger partial charge in [0.1, 0.15) is 0 Å². The molecule has 1 aliphatic heterocycles. The SMILES string of the molecule is CCCCN1CCC(NC(=NCc2sc(C)nc2C)NCC)CC1.I. The molecule has 2 N–H and O–H groups in total. The van der Waals surface area contributed by atoms with Crippen molar-refractivity contribution in [2.45, 2.75) is 66.0 Å². The van der Waals surface area contributed by atoms with Crippen molar-refractivity contribution < 1.29 is 0 Å². The van der Waals surface area contributed by atoms with Gasteiger partial charge in [0.05, 0.1) is 17.2 Å². The summed E-state index contributed by atoms with van der Waals surface area (Å²) in [5, 5.41) is 8.13. The van der Waals surface area contributed by atoms with Crippen molar-refractivity contribution in [3.63, 3.8) is 0 Å². The van der Waals surface area contributed by atoms with Crippen molar-refractivity contribution in [1.82, 2.24) is 20.5 Å². The maximum Gasteiger partial charge on any atom is 0.191 e. The number of thiazole rings is 1. The number of nitrogens with zero attached hydrogens (tertiary/aromatic N) is 3. The van der Waals surface area contributed by atoms with E-state index < -0.39 is 0 Å². The van der Waals surface area contributed by atoms with Gasteiger partial charge in [-0.3, -0.25) is 0 Å². The summed E-state index contributed by atoms with van der Waals surface area (Å²) in [7, 11) is 0. The molecule has 0 spiro atoms. The van der Waals surface area contributed by atoms with Crippen LogP contribution in [0.5, 0.6) is 0 Å². The summed E-state index contributed by atoms with van der Waals surface area (Å²) in [5.74, 6) is 0.940. The molecule has 0 radical (unpaired) electrons. The number of unbranched alkanes of at least 4 members (excludes halogenated alkanes) is 1. The molecule has 0 unspecified atom stereocenters. The van der Waals surface area contributed by atoms with Gasteiger partial charge < -0.3 is 15.5 Å². The lowest BCUT2D eigenvalue weighted by Crippen LogP contribution is -2.48. The zero-order valence-corrected chi connectivity index (χ0v) is 19.2. The largest absolute Gasteiger partial charge is 0.357 e. The highest BCUT2D eigenvalue weighted by Crippen LogP contribution is 2.18. The number of likely N-dealkylation sites (tertiary alicyclic amines) is 1. The number of guanidine groups is 1. The fourth-order valence-corrected chi connectivity index (χ4v) is 3.93. The average molecular weight is 479 g/mol. The Morgan fingerprint density at radius 3 is 2.56 bits per heavy atom. The number of rotatable bonds is 7. The molecule has 0 aliphatic carbocycles. The summed E-state index contributed by atoms with van der Waals surface area (Å²) in [5.41, 5.74) is 1.11. The van der Waals surface area contributed by atoms with Gasteiger partial charge in [-0.1, -0.05) is 13.3 Å². The molecule has 2 heterocycles. The second kappa shape index (κ2) is 12.1. The molecular formula is C18H34IN5S. The van der Waals surface area contributed by atoms with Gasteiger partial charge in [0.2, 0.25) is 0 Å². The summed E-state index contributed by atoms with van der Waals surface area (Å²) < 4.78 is 0. The smallest absolute Gasteiger partial charge is 0.191 e. The van der Waals surface area contributed by atoms with Gasteiger partial charge in [-0.2, -0.15) is 0 Å². The van der Waals surface area contributed by atoms with Crippen LogP contribution in [0.1, 0.15) is 55.1 Å². The molecule has 7 heteroatoms. The Morgan fingerprint density at radius 1 is 1.28 bits per heavy atom. The van der Waals surface area contributed by atoms with Gasteiger partial charge in [0.15, 0.2) is 5.96 Å². The monoisotopic (exact) mass is 479 g/mol. The molecule has 0 amide bonds. The van der Waals surface area contributed by atoms with Crippen molar-refractivity contribution in [3.05, 3.63) is 15.6 Å². The zero-order chi connectivity index (χ0) is 17.4. The number of hydrogen-bond donors (Lipinski definition) is 2. The standard InChI is InChI=1S/C18H33N5S.HI/c1-5-7-10-23-11-8-16(9-12-23)22-18(19-6-2)20-13-17-14(3)21-15(4)24-17;/h16H,5-13H2,1-4H3,(H2,19,20,22);1H. The maximum absolute atomic E-state index is 4.77. The summed E-state index contributed by atoms with van der Waals surface area (Å²) in [6.07, 6.45) is 5.00. The normalized spacial score (nSPS) is 16.6. The number of hydrogen-bond acceptors (Lipinski definition) is 4. The minimum atomic E-state index is 0. The van der Waals surface area contributed by atoms with Crippen LogP contribution in [0.3, 0.4) is 0 Å². The van der Waals surface area contributed by atoms with E-state index in [-0.39, 0.29) is 24.0 Å². The molecule has 5 nitrogen and oxygen atoms in total. The number of nitrogens with one attached hydrogen (secondary N) is 2. The Morgan fingerprint density at radius 2 is 2.00 bits per heavy atom. The molecule has 1 aliphatic rings. The van der Waals surface area contributed by atoms with Gasteiger partial charge in [0.25, 0.3) is 0 Å². The highest BCUT2D eigenvalue weighted by atomic mass is 127. The van der Waals surface area contributed by atoms with Crippen LogP contribution in [0.4, 0.5) is 0 Å². The molecule has 0 saturated carbocycles. The molecule has 25 heavy (non-hydrogen) atoms. The first kappa shape index (κ1) is 22.6. The number of aliphatic imine (C=N–C) groups is 1. The molecule has 144 valence electrons. The molecule has 1 aromatic rings. The van der Waals surface area contributed by atoms with E-state index in [2.05, 4.69) is 48.2 Å². The minimum absolute atomic E-state index is 0. The summed E-state index contributed by atoms with van der Waals surface area (Å²) >= 11 is 1.75. The molecule has 1 saturated heterocycles. The molecule has 0 bridgehead atoms. The second-order valence-electron chi connectivity index (χ2n) is 6.55. The Hall–Kier alpha value is -0.410. The number of aromatic nitrogens is 1. The topological polar surface area (TPSA) is 52.5 Å². The average Bonchev–Trinajstić information content (AvgIpc) is 2.90. The molecule has 1 fully saturated rings. The second-order valence-corrected chi connectivity index (χ2v) is 7.84. The summed E-state index contributed by atoms with van der Waals surface area (Å²) in [6.45, 7) is 13.8. The van der Waals surface area contributed by atoms with Gasteiger partial charge in [-0.05, 0) is 46.6 Å². The molecule has 2 rings (SSSR count). The van der Waals surface area contributed by atoms with E-state index in [1.54, 1.807) is 11.3 Å². The van der Waals surface area contributed by atoms with Gasteiger partial charge in [-0.25, -0.2) is 9.98 Å². The van der Waals surface area contributed by atoms with Crippen LogP contribution in [-0.4, -0.2) is 48.1 Å². The third-order valence-corrected chi connectivity index (χ3v) is 5.54. The summed E-state index contributed by atoms with van der Waals surface area (Å²) in [4.78, 5) is 13.1. The van der Waals surface area contributed by atoms with Crippen molar-refractivity contribution in [3.8, 4) is 0 Å². The third kappa shape index (κ3) is 7.78. The third-order valence-electron chi connectivity index (χ3n) is 4.48. The van der Waals surface area contributed by atoms with E-state index in [9.17, 15) is 0 Å². The fourth-order valence-electron chi connectivity index (χ4n) is 3.07. The Bertz CT molecular complexity index is 524. The zero-order valence-electron chi connectivity index (χ0n) is 16.1. The minimum Gasteiger partial charge on any atom is -0.357 e. The predicted molar refractivity (Wildman–Crippen MR) is 119 cm³/mol. The Labute approximate surface area is 174 Å². The Kier molecular flexibility index (Phi) is 10.9. The first-order valence-electron chi connectivity index (χ1n) is 9.32. The molecule has 0 aromatic carbocycles. The van der Waals surface area contributed by atoms with Crippen molar-refractivity contribution in [2.75, 3.05) is 26.2 Å². The van der Waals surface area contributed by atoms with Crippen LogP contribution in [0.15, 0.2) is 4.99 Å². The lowest BCUT2D eigenvalue weighted by Gasteiger charge is -2.33. The van der Waals surface area contributed by atoms with E-state index >= 15 is 0 Å². The fraction of sp³-hybridized carbons (Fsp3) is 0.778. The van der Waals surface area contributed by atoms with Crippen LogP contribution in [0, 0.1) is 13.8 Å². The van der Waals surface area contributed by atoms with Crippen LogP contribution >= 0.6 is 35.3 Å². The van der Waals surface area contributed by atoms with Crippen LogP contribution in [0.2, 0.25) is 0 Å². The predicted octanol–water partition coefficient (Wildman–Crippen LogP) is 3.70. The number of piperidine rings is 1. The van der Waals surface area contributed by atoms with E-state index in [0.29, 0.717) is 12.6 Å².